The highest BCUT2D eigenvalue weighted by molar-refractivity contribution is 9.10. The fraction of sp³-hybridized carbons (Fsp3) is 0.211. The molecule has 3 rings (SSSR count). The van der Waals surface area contributed by atoms with Crippen LogP contribution in [-0.2, 0) is 14.3 Å². The van der Waals surface area contributed by atoms with Gasteiger partial charge in [0.15, 0.2) is 11.5 Å². The molecule has 0 saturated heterocycles. The van der Waals surface area contributed by atoms with E-state index in [9.17, 15) is 9.59 Å². The van der Waals surface area contributed by atoms with Gasteiger partial charge in [-0.2, -0.15) is 5.01 Å². The minimum absolute atomic E-state index is 0.268. The van der Waals surface area contributed by atoms with Crippen LogP contribution >= 0.6 is 15.9 Å². The normalized spacial score (nSPS) is 15.8. The second-order valence-corrected chi connectivity index (χ2v) is 6.67. The zero-order chi connectivity index (χ0) is 19.6. The maximum Gasteiger partial charge on any atom is 0.308 e. The Morgan fingerprint density at radius 2 is 1.81 bits per heavy atom. The fourth-order valence-electron chi connectivity index (χ4n) is 2.57. The number of hydrogen-bond acceptors (Lipinski definition) is 6. The van der Waals surface area contributed by atoms with Crippen molar-refractivity contribution in [3.63, 3.8) is 0 Å². The number of hydrazone groups is 1. The van der Waals surface area contributed by atoms with Crippen LogP contribution in [0.2, 0.25) is 0 Å². The van der Waals surface area contributed by atoms with E-state index < -0.39 is 12.2 Å². The average Bonchev–Trinajstić information content (AvgIpc) is 3.08. The predicted octanol–water partition coefficient (Wildman–Crippen LogP) is 3.62. The molecule has 140 valence electrons. The van der Waals surface area contributed by atoms with Gasteiger partial charge in [-0.15, -0.1) is 5.10 Å². The SMILES string of the molecule is COc1cc([C@@H]2OC(c3ccc(Br)cc3)=NN2C(C)=O)ccc1OC(C)=O. The first-order valence-corrected chi connectivity index (χ1v) is 8.85. The molecule has 0 aliphatic carbocycles. The topological polar surface area (TPSA) is 77.4 Å². The molecule has 1 atom stereocenters. The number of carbonyl (C=O) groups is 2. The molecule has 1 aliphatic heterocycles. The van der Waals surface area contributed by atoms with Crippen molar-refractivity contribution in [2.24, 2.45) is 5.10 Å². The summed E-state index contributed by atoms with van der Waals surface area (Å²) in [5.41, 5.74) is 1.38. The van der Waals surface area contributed by atoms with E-state index in [1.807, 2.05) is 24.3 Å². The largest absolute Gasteiger partial charge is 0.493 e. The summed E-state index contributed by atoms with van der Waals surface area (Å²) in [7, 11) is 1.47. The number of hydrogen-bond donors (Lipinski definition) is 0. The van der Waals surface area contributed by atoms with Crippen LogP contribution in [0.4, 0.5) is 0 Å². The molecule has 8 heteroatoms. The van der Waals surface area contributed by atoms with Gasteiger partial charge in [-0.3, -0.25) is 9.59 Å². The van der Waals surface area contributed by atoms with Crippen molar-refractivity contribution in [2.45, 2.75) is 20.1 Å². The monoisotopic (exact) mass is 432 g/mol. The van der Waals surface area contributed by atoms with Crippen LogP contribution in [0.3, 0.4) is 0 Å². The Labute approximate surface area is 164 Å². The summed E-state index contributed by atoms with van der Waals surface area (Å²) in [6, 6.07) is 12.4. The number of halogens is 1. The van der Waals surface area contributed by atoms with Gasteiger partial charge in [-0.05, 0) is 42.5 Å². The van der Waals surface area contributed by atoms with Crippen molar-refractivity contribution in [3.8, 4) is 11.5 Å². The first-order valence-electron chi connectivity index (χ1n) is 8.06. The average molecular weight is 433 g/mol. The molecular weight excluding hydrogens is 416 g/mol. The van der Waals surface area contributed by atoms with Gasteiger partial charge in [0, 0.05) is 29.4 Å². The molecule has 1 heterocycles. The van der Waals surface area contributed by atoms with Crippen molar-refractivity contribution < 1.29 is 23.8 Å². The molecule has 0 radical (unpaired) electrons. The van der Waals surface area contributed by atoms with Crippen LogP contribution in [0, 0.1) is 0 Å². The van der Waals surface area contributed by atoms with Crippen molar-refractivity contribution in [3.05, 3.63) is 58.1 Å². The first-order chi connectivity index (χ1) is 12.9. The van der Waals surface area contributed by atoms with Gasteiger partial charge in [0.1, 0.15) is 0 Å². The zero-order valence-corrected chi connectivity index (χ0v) is 16.5. The summed E-state index contributed by atoms with van der Waals surface area (Å²) in [6.45, 7) is 2.72. The number of carbonyl (C=O) groups excluding carboxylic acids is 2. The lowest BCUT2D eigenvalue weighted by molar-refractivity contribution is -0.135. The Bertz CT molecular complexity index is 911. The Kier molecular flexibility index (Phi) is 5.46. The van der Waals surface area contributed by atoms with E-state index in [-0.39, 0.29) is 11.7 Å². The maximum absolute atomic E-state index is 12.1. The molecule has 0 fully saturated rings. The van der Waals surface area contributed by atoms with E-state index in [2.05, 4.69) is 21.0 Å². The lowest BCUT2D eigenvalue weighted by Crippen LogP contribution is -2.25. The van der Waals surface area contributed by atoms with E-state index in [4.69, 9.17) is 14.2 Å². The molecule has 1 amide bonds. The summed E-state index contributed by atoms with van der Waals surface area (Å²) >= 11 is 3.38. The summed E-state index contributed by atoms with van der Waals surface area (Å²) < 4.78 is 17.3. The van der Waals surface area contributed by atoms with Crippen molar-refractivity contribution in [1.82, 2.24) is 5.01 Å². The summed E-state index contributed by atoms with van der Waals surface area (Å²) in [6.07, 6.45) is -0.749. The molecule has 2 aromatic rings. The lowest BCUT2D eigenvalue weighted by Gasteiger charge is -2.20. The predicted molar refractivity (Wildman–Crippen MR) is 101 cm³/mol. The second-order valence-electron chi connectivity index (χ2n) is 5.75. The quantitative estimate of drug-likeness (QED) is 0.544. The Balaban J connectivity index is 1.93. The zero-order valence-electron chi connectivity index (χ0n) is 14.9. The minimum Gasteiger partial charge on any atom is -0.493 e. The smallest absolute Gasteiger partial charge is 0.308 e. The molecule has 0 saturated carbocycles. The molecule has 0 N–H and O–H groups in total. The lowest BCUT2D eigenvalue weighted by atomic mass is 10.1. The third kappa shape index (κ3) is 4.11. The summed E-state index contributed by atoms with van der Waals surface area (Å²) in [5.74, 6) is 0.257. The molecule has 1 aliphatic rings. The molecular formula is C19H17BrN2O5. The van der Waals surface area contributed by atoms with Crippen LogP contribution in [0.1, 0.15) is 31.2 Å². The number of nitrogens with zero attached hydrogens (tertiary/aromatic N) is 2. The highest BCUT2D eigenvalue weighted by Gasteiger charge is 2.33. The van der Waals surface area contributed by atoms with Crippen LogP contribution in [-0.4, -0.2) is 29.9 Å². The second kappa shape index (κ2) is 7.79. The van der Waals surface area contributed by atoms with Crippen LogP contribution in [0.15, 0.2) is 52.0 Å². The highest BCUT2D eigenvalue weighted by atomic mass is 79.9. The molecule has 0 bridgehead atoms. The van der Waals surface area contributed by atoms with Gasteiger partial charge in [-0.1, -0.05) is 15.9 Å². The van der Waals surface area contributed by atoms with E-state index in [0.29, 0.717) is 17.2 Å². The van der Waals surface area contributed by atoms with Gasteiger partial charge >= 0.3 is 5.97 Å². The van der Waals surface area contributed by atoms with E-state index >= 15 is 0 Å². The van der Waals surface area contributed by atoms with Gasteiger partial charge in [0.05, 0.1) is 7.11 Å². The van der Waals surface area contributed by atoms with Crippen molar-refractivity contribution in [1.29, 1.82) is 0 Å². The van der Waals surface area contributed by atoms with Gasteiger partial charge in [0.2, 0.25) is 18.0 Å². The number of benzene rings is 2. The molecule has 2 aromatic carbocycles. The van der Waals surface area contributed by atoms with Crippen LogP contribution in [0.25, 0.3) is 0 Å². The molecule has 7 nitrogen and oxygen atoms in total. The Morgan fingerprint density at radius 3 is 2.41 bits per heavy atom. The first kappa shape index (κ1) is 18.9. The Morgan fingerprint density at radius 1 is 1.11 bits per heavy atom. The molecule has 27 heavy (non-hydrogen) atoms. The van der Waals surface area contributed by atoms with Gasteiger partial charge < -0.3 is 14.2 Å². The number of ether oxygens (including phenoxy) is 3. The van der Waals surface area contributed by atoms with E-state index in [1.54, 1.807) is 18.2 Å². The van der Waals surface area contributed by atoms with E-state index in [1.165, 1.54) is 26.0 Å². The number of esters is 1. The minimum atomic E-state index is -0.749. The molecule has 0 spiro atoms. The van der Waals surface area contributed by atoms with Gasteiger partial charge in [0.25, 0.3) is 0 Å². The van der Waals surface area contributed by atoms with Crippen molar-refractivity contribution in [2.75, 3.05) is 7.11 Å². The van der Waals surface area contributed by atoms with Crippen LogP contribution < -0.4 is 9.47 Å². The summed E-state index contributed by atoms with van der Waals surface area (Å²) in [5, 5.41) is 5.57. The molecule has 0 unspecified atom stereocenters. The maximum atomic E-state index is 12.1. The van der Waals surface area contributed by atoms with E-state index in [0.717, 1.165) is 10.0 Å². The highest BCUT2D eigenvalue weighted by Crippen LogP contribution is 2.36. The van der Waals surface area contributed by atoms with Crippen molar-refractivity contribution >= 4 is 33.7 Å². The number of amides is 1. The van der Waals surface area contributed by atoms with Gasteiger partial charge in [-0.25, -0.2) is 0 Å². The Hall–Kier alpha value is -2.87. The standard InChI is InChI=1S/C19H17BrN2O5/c1-11(23)22-19(27-18(21-22)13-4-7-15(20)8-5-13)14-6-9-16(26-12(2)24)17(10-14)25-3/h4-10,19H,1-3H3/t19-/m0/s1. The number of rotatable bonds is 4. The third-order valence-electron chi connectivity index (χ3n) is 3.78. The third-order valence-corrected chi connectivity index (χ3v) is 4.31. The van der Waals surface area contributed by atoms with Crippen LogP contribution in [0.5, 0.6) is 11.5 Å². The fourth-order valence-corrected chi connectivity index (χ4v) is 2.83. The number of methoxy groups -OCH3 is 1. The summed E-state index contributed by atoms with van der Waals surface area (Å²) in [4.78, 5) is 23.3. The molecule has 0 aromatic heterocycles.